The topological polar surface area (TPSA) is 101 Å². The molecule has 2 N–H and O–H groups in total. The van der Waals surface area contributed by atoms with E-state index in [0.717, 1.165) is 29.7 Å². The number of nitrogens with one attached hydrogen (secondary N) is 2. The lowest BCUT2D eigenvalue weighted by Crippen LogP contribution is -2.42. The molecule has 2 aromatic carbocycles. The van der Waals surface area contributed by atoms with Crippen LogP contribution in [0.3, 0.4) is 0 Å². The number of amides is 3. The Morgan fingerprint density at radius 1 is 1.03 bits per heavy atom. The monoisotopic (exact) mass is 475 g/mol. The molecule has 1 aliphatic rings. The molecule has 4 rings (SSSR count). The molecule has 0 aliphatic carbocycles. The fourth-order valence-corrected chi connectivity index (χ4v) is 4.02. The van der Waals surface area contributed by atoms with Gasteiger partial charge in [-0.25, -0.2) is 0 Å². The minimum atomic E-state index is -0.413. The van der Waals surface area contributed by atoms with E-state index < -0.39 is 5.91 Å². The summed E-state index contributed by atoms with van der Waals surface area (Å²) >= 11 is 0. The third kappa shape index (κ3) is 6.16. The summed E-state index contributed by atoms with van der Waals surface area (Å²) in [6.07, 6.45) is 3.06. The molecule has 0 bridgehead atoms. The van der Waals surface area contributed by atoms with Crippen LogP contribution < -0.4 is 10.6 Å². The number of rotatable bonds is 8. The van der Waals surface area contributed by atoms with Gasteiger partial charge in [0.25, 0.3) is 11.8 Å². The maximum atomic E-state index is 13.5. The van der Waals surface area contributed by atoms with Crippen molar-refractivity contribution in [1.29, 1.82) is 0 Å². The Kier molecular flexibility index (Phi) is 7.62. The van der Waals surface area contributed by atoms with Gasteiger partial charge >= 0.3 is 0 Å². The molecule has 2 heterocycles. The smallest absolute Gasteiger partial charge is 0.291 e. The maximum absolute atomic E-state index is 13.5. The van der Waals surface area contributed by atoms with Crippen LogP contribution >= 0.6 is 0 Å². The van der Waals surface area contributed by atoms with Gasteiger partial charge in [0.05, 0.1) is 12.4 Å². The third-order valence-electron chi connectivity index (χ3n) is 6.06. The number of ether oxygens (including phenoxy) is 1. The summed E-state index contributed by atoms with van der Waals surface area (Å²) in [5, 5.41) is 5.65. The van der Waals surface area contributed by atoms with E-state index in [2.05, 4.69) is 10.6 Å². The van der Waals surface area contributed by atoms with Gasteiger partial charge in [-0.15, -0.1) is 0 Å². The van der Waals surface area contributed by atoms with Crippen LogP contribution in [0, 0.1) is 13.8 Å². The van der Waals surface area contributed by atoms with E-state index in [1.807, 2.05) is 32.0 Å². The number of carbonyl (C=O) groups excluding carboxylic acids is 3. The lowest BCUT2D eigenvalue weighted by molar-refractivity contribution is -0.117. The van der Waals surface area contributed by atoms with Crippen LogP contribution in [0.2, 0.25) is 0 Å². The number of benzene rings is 2. The highest BCUT2D eigenvalue weighted by molar-refractivity contribution is 6.04. The number of aryl methyl sites for hydroxylation is 1. The first-order valence-corrected chi connectivity index (χ1v) is 11.6. The van der Waals surface area contributed by atoms with Gasteiger partial charge in [0.1, 0.15) is 6.54 Å². The summed E-state index contributed by atoms with van der Waals surface area (Å²) in [6, 6.07) is 15.5. The van der Waals surface area contributed by atoms with Crippen LogP contribution in [0.15, 0.2) is 65.3 Å². The van der Waals surface area contributed by atoms with Crippen LogP contribution in [0.5, 0.6) is 0 Å². The Balaban J connectivity index is 1.49. The average molecular weight is 476 g/mol. The van der Waals surface area contributed by atoms with Crippen LogP contribution in [0.25, 0.3) is 0 Å². The van der Waals surface area contributed by atoms with Crippen LogP contribution in [-0.2, 0) is 9.53 Å². The molecule has 0 saturated carbocycles. The molecule has 35 heavy (non-hydrogen) atoms. The maximum Gasteiger partial charge on any atom is 0.291 e. The van der Waals surface area contributed by atoms with Gasteiger partial charge in [0, 0.05) is 30.1 Å². The van der Waals surface area contributed by atoms with Crippen LogP contribution in [0.1, 0.15) is 44.9 Å². The van der Waals surface area contributed by atoms with Crippen molar-refractivity contribution < 1.29 is 23.5 Å². The summed E-state index contributed by atoms with van der Waals surface area (Å²) in [7, 11) is 0. The molecular formula is C27H29N3O5. The predicted molar refractivity (Wildman–Crippen MR) is 133 cm³/mol. The summed E-state index contributed by atoms with van der Waals surface area (Å²) in [5.41, 5.74) is 3.59. The first-order valence-electron chi connectivity index (χ1n) is 11.6. The Labute approximate surface area is 204 Å². The number of hydrogen-bond acceptors (Lipinski definition) is 5. The Morgan fingerprint density at radius 2 is 1.86 bits per heavy atom. The minimum Gasteiger partial charge on any atom is -0.459 e. The molecule has 1 unspecified atom stereocenters. The van der Waals surface area contributed by atoms with Crippen molar-refractivity contribution >= 4 is 29.1 Å². The molecule has 182 valence electrons. The average Bonchev–Trinajstić information content (AvgIpc) is 3.56. The van der Waals surface area contributed by atoms with Crippen LogP contribution in [-0.4, -0.2) is 48.4 Å². The molecule has 0 radical (unpaired) electrons. The molecule has 3 amide bonds. The Bertz CT molecular complexity index is 1200. The highest BCUT2D eigenvalue weighted by Crippen LogP contribution is 2.20. The van der Waals surface area contributed by atoms with Gasteiger partial charge in [-0.2, -0.15) is 0 Å². The van der Waals surface area contributed by atoms with Crippen molar-refractivity contribution in [3.8, 4) is 0 Å². The van der Waals surface area contributed by atoms with E-state index in [1.54, 1.807) is 36.4 Å². The summed E-state index contributed by atoms with van der Waals surface area (Å²) in [5.74, 6) is -0.841. The first kappa shape index (κ1) is 24.2. The highest BCUT2D eigenvalue weighted by Gasteiger charge is 2.26. The lowest BCUT2D eigenvalue weighted by atomic mass is 10.1. The predicted octanol–water partition coefficient (Wildman–Crippen LogP) is 4.41. The van der Waals surface area contributed by atoms with E-state index in [0.29, 0.717) is 24.4 Å². The van der Waals surface area contributed by atoms with Gasteiger partial charge in [-0.1, -0.05) is 18.2 Å². The fraction of sp³-hybridized carbons (Fsp3) is 0.296. The minimum absolute atomic E-state index is 0.116. The van der Waals surface area contributed by atoms with Gasteiger partial charge in [-0.05, 0) is 74.2 Å². The van der Waals surface area contributed by atoms with Crippen LogP contribution in [0.4, 0.5) is 11.4 Å². The van der Waals surface area contributed by atoms with Gasteiger partial charge in [-0.3, -0.25) is 14.4 Å². The molecule has 0 spiro atoms. The molecule has 1 aliphatic heterocycles. The number of nitrogens with zero attached hydrogens (tertiary/aromatic N) is 1. The van der Waals surface area contributed by atoms with Gasteiger partial charge in [0.15, 0.2) is 5.76 Å². The van der Waals surface area contributed by atoms with Crippen molar-refractivity contribution in [3.63, 3.8) is 0 Å². The molecule has 1 saturated heterocycles. The standard InChI is InChI=1S/C27H29N3O5/c1-18-7-3-11-23(19(18)2)29-25(31)17-30(16-22-10-5-13-34-22)27(33)20-8-4-9-21(15-20)28-26(32)24-12-6-14-35-24/h3-4,6-9,11-12,14-15,22H,5,10,13,16-17H2,1-2H3,(H,28,32)(H,29,31). The first-order chi connectivity index (χ1) is 16.9. The zero-order valence-electron chi connectivity index (χ0n) is 19.9. The third-order valence-corrected chi connectivity index (χ3v) is 6.06. The van der Waals surface area contributed by atoms with Gasteiger partial charge < -0.3 is 24.7 Å². The second-order valence-electron chi connectivity index (χ2n) is 8.63. The van der Waals surface area contributed by atoms with Crippen molar-refractivity contribution in [1.82, 2.24) is 4.90 Å². The molecule has 1 aromatic heterocycles. The second kappa shape index (κ2) is 11.0. The largest absolute Gasteiger partial charge is 0.459 e. The van der Waals surface area contributed by atoms with E-state index in [9.17, 15) is 14.4 Å². The van der Waals surface area contributed by atoms with Gasteiger partial charge in [0.2, 0.25) is 5.91 Å². The molecular weight excluding hydrogens is 446 g/mol. The van der Waals surface area contributed by atoms with E-state index in [-0.39, 0.29) is 30.2 Å². The lowest BCUT2D eigenvalue weighted by Gasteiger charge is -2.25. The molecule has 1 atom stereocenters. The second-order valence-corrected chi connectivity index (χ2v) is 8.63. The van der Waals surface area contributed by atoms with E-state index in [1.165, 1.54) is 11.2 Å². The number of hydrogen-bond donors (Lipinski definition) is 2. The molecule has 8 heteroatoms. The zero-order chi connectivity index (χ0) is 24.8. The SMILES string of the molecule is Cc1cccc(NC(=O)CN(CC2CCCO2)C(=O)c2cccc(NC(=O)c3ccco3)c2)c1C. The summed E-state index contributed by atoms with van der Waals surface area (Å²) in [6.45, 7) is 4.77. The van der Waals surface area contributed by atoms with Crippen molar-refractivity contribution in [3.05, 3.63) is 83.3 Å². The normalized spacial score (nSPS) is 15.0. The van der Waals surface area contributed by atoms with Crippen molar-refractivity contribution in [2.24, 2.45) is 0 Å². The van der Waals surface area contributed by atoms with Crippen molar-refractivity contribution in [2.75, 3.05) is 30.3 Å². The molecule has 1 fully saturated rings. The quantitative estimate of drug-likeness (QED) is 0.503. The number of furan rings is 1. The highest BCUT2D eigenvalue weighted by atomic mass is 16.5. The van der Waals surface area contributed by atoms with Crippen molar-refractivity contribution in [2.45, 2.75) is 32.8 Å². The number of carbonyl (C=O) groups is 3. The molecule has 8 nitrogen and oxygen atoms in total. The summed E-state index contributed by atoms with van der Waals surface area (Å²) in [4.78, 5) is 40.2. The Morgan fingerprint density at radius 3 is 2.60 bits per heavy atom. The number of anilines is 2. The Hall–Kier alpha value is -3.91. The van der Waals surface area contributed by atoms with E-state index >= 15 is 0 Å². The summed E-state index contributed by atoms with van der Waals surface area (Å²) < 4.78 is 10.8. The van der Waals surface area contributed by atoms with E-state index in [4.69, 9.17) is 9.15 Å². The zero-order valence-corrected chi connectivity index (χ0v) is 19.9. The molecule has 3 aromatic rings. The fourth-order valence-electron chi connectivity index (χ4n) is 4.02.